The topological polar surface area (TPSA) is 107 Å². The van der Waals surface area contributed by atoms with Crippen LogP contribution in [-0.2, 0) is 20.9 Å². The highest BCUT2D eigenvalue weighted by molar-refractivity contribution is 5.85. The fraction of sp³-hybridized carbons (Fsp3) is 0.517. The average Bonchev–Trinajstić information content (AvgIpc) is 3.44. The third-order valence-corrected chi connectivity index (χ3v) is 7.55. The highest BCUT2D eigenvalue weighted by Gasteiger charge is 2.44. The summed E-state index contributed by atoms with van der Waals surface area (Å²) in [5.41, 5.74) is 3.16. The monoisotopic (exact) mass is 526 g/mol. The zero-order valence-electron chi connectivity index (χ0n) is 22.7. The molecule has 4 rings (SSSR count). The minimum absolute atomic E-state index is 0.0107. The third-order valence-electron chi connectivity index (χ3n) is 7.55. The molecule has 0 unspecified atom stereocenters. The summed E-state index contributed by atoms with van der Waals surface area (Å²) >= 11 is 0. The summed E-state index contributed by atoms with van der Waals surface area (Å²) in [5.74, 6) is 0.353. The fourth-order valence-electron chi connectivity index (χ4n) is 5.62. The van der Waals surface area contributed by atoms with Gasteiger partial charge in [-0.05, 0) is 79.1 Å². The van der Waals surface area contributed by atoms with E-state index in [9.17, 15) is 14.7 Å². The van der Waals surface area contributed by atoms with Crippen LogP contribution in [-0.4, -0.2) is 68.1 Å². The van der Waals surface area contributed by atoms with Gasteiger partial charge in [-0.3, -0.25) is 0 Å². The van der Waals surface area contributed by atoms with E-state index in [4.69, 9.17) is 18.9 Å². The average molecular weight is 527 g/mol. The minimum atomic E-state index is -1.33. The number of nitrogens with zero attached hydrogens (tertiary/aromatic N) is 1. The molecule has 0 spiro atoms. The Bertz CT molecular complexity index is 1140. The Hall–Kier alpha value is -3.46. The Morgan fingerprint density at radius 2 is 1.71 bits per heavy atom. The molecule has 0 radical (unpaired) electrons. The van der Waals surface area contributed by atoms with Crippen LogP contribution in [0.25, 0.3) is 11.1 Å². The van der Waals surface area contributed by atoms with E-state index in [0.717, 1.165) is 35.1 Å². The lowest BCUT2D eigenvalue weighted by atomic mass is 9.88. The first-order valence-corrected chi connectivity index (χ1v) is 13.1. The van der Waals surface area contributed by atoms with E-state index in [1.807, 2.05) is 37.3 Å². The van der Waals surface area contributed by atoms with Crippen molar-refractivity contribution in [1.29, 1.82) is 0 Å². The van der Waals surface area contributed by atoms with Gasteiger partial charge in [0.1, 0.15) is 11.5 Å². The van der Waals surface area contributed by atoms with E-state index in [2.05, 4.69) is 5.32 Å². The van der Waals surface area contributed by atoms with Crippen molar-refractivity contribution in [1.82, 2.24) is 4.90 Å². The van der Waals surface area contributed by atoms with Gasteiger partial charge in [0.25, 0.3) is 0 Å². The quantitative estimate of drug-likeness (QED) is 0.457. The summed E-state index contributed by atoms with van der Waals surface area (Å²) in [4.78, 5) is 26.2. The number of anilines is 1. The van der Waals surface area contributed by atoms with Crippen molar-refractivity contribution in [3.63, 3.8) is 0 Å². The van der Waals surface area contributed by atoms with E-state index >= 15 is 0 Å². The van der Waals surface area contributed by atoms with Gasteiger partial charge < -0.3 is 34.3 Å². The van der Waals surface area contributed by atoms with Crippen molar-refractivity contribution in [3.05, 3.63) is 41.5 Å². The molecular weight excluding hydrogens is 488 g/mol. The molecule has 1 atom stereocenters. The molecule has 2 aliphatic rings. The van der Waals surface area contributed by atoms with Crippen LogP contribution in [0.5, 0.6) is 11.5 Å². The Morgan fingerprint density at radius 3 is 2.32 bits per heavy atom. The van der Waals surface area contributed by atoms with E-state index in [-0.39, 0.29) is 12.6 Å². The van der Waals surface area contributed by atoms with Gasteiger partial charge in [-0.2, -0.15) is 0 Å². The Balaban J connectivity index is 1.73. The number of carboxylic acid groups (broad SMARTS) is 1. The molecular formula is C29H38N2O7. The molecule has 2 fully saturated rings. The molecule has 1 saturated heterocycles. The number of nitrogens with one attached hydrogen (secondary N) is 1. The maximum absolute atomic E-state index is 12.5. The Morgan fingerprint density at radius 1 is 1.03 bits per heavy atom. The summed E-state index contributed by atoms with van der Waals surface area (Å²) in [6, 6.07) is 9.67. The number of aliphatic carboxylic acids is 1. The largest absolute Gasteiger partial charge is 0.497 e. The predicted octanol–water partition coefficient (Wildman–Crippen LogP) is 5.24. The first kappa shape index (κ1) is 27.6. The van der Waals surface area contributed by atoms with Gasteiger partial charge in [-0.1, -0.05) is 12.8 Å². The number of carbonyl (C=O) groups is 2. The van der Waals surface area contributed by atoms with Crippen molar-refractivity contribution in [2.45, 2.75) is 63.7 Å². The number of carbonyl (C=O) groups excluding carboxylic acids is 1. The highest BCUT2D eigenvalue weighted by Crippen LogP contribution is 2.38. The van der Waals surface area contributed by atoms with Crippen LogP contribution in [0.15, 0.2) is 30.3 Å². The number of piperidine rings is 1. The predicted molar refractivity (Wildman–Crippen MR) is 144 cm³/mol. The molecule has 1 aliphatic heterocycles. The van der Waals surface area contributed by atoms with Gasteiger partial charge in [0, 0.05) is 18.3 Å². The van der Waals surface area contributed by atoms with Crippen molar-refractivity contribution in [3.8, 4) is 22.6 Å². The summed E-state index contributed by atoms with van der Waals surface area (Å²) in [6.07, 6.45) is 5.06. The van der Waals surface area contributed by atoms with E-state index in [0.29, 0.717) is 43.2 Å². The number of aryl methyl sites for hydroxylation is 1. The number of hydrogen-bond acceptors (Lipinski definition) is 7. The van der Waals surface area contributed by atoms with Gasteiger partial charge in [-0.15, -0.1) is 0 Å². The number of likely N-dealkylation sites (tertiary alicyclic amines) is 1. The van der Waals surface area contributed by atoms with Gasteiger partial charge in [0.15, 0.2) is 5.54 Å². The summed E-state index contributed by atoms with van der Waals surface area (Å²) in [7, 11) is 4.55. The number of benzene rings is 2. The molecule has 206 valence electrons. The minimum Gasteiger partial charge on any atom is -0.497 e. The zero-order chi connectivity index (χ0) is 27.3. The number of carboxylic acids is 1. The van der Waals surface area contributed by atoms with Crippen molar-refractivity contribution in [2.75, 3.05) is 39.7 Å². The number of rotatable bonds is 9. The molecule has 2 aromatic carbocycles. The number of hydrogen-bond donors (Lipinski definition) is 2. The van der Waals surface area contributed by atoms with E-state index < -0.39 is 17.6 Å². The van der Waals surface area contributed by atoms with E-state index in [1.54, 1.807) is 14.2 Å². The summed E-state index contributed by atoms with van der Waals surface area (Å²) in [6.45, 7) is 2.86. The molecule has 1 amide bonds. The van der Waals surface area contributed by atoms with Gasteiger partial charge in [0.05, 0.1) is 40.6 Å². The van der Waals surface area contributed by atoms with E-state index in [1.165, 1.54) is 24.9 Å². The fourth-order valence-corrected chi connectivity index (χ4v) is 5.62. The first-order chi connectivity index (χ1) is 18.3. The summed E-state index contributed by atoms with van der Waals surface area (Å²) < 4.78 is 22.2. The zero-order valence-corrected chi connectivity index (χ0v) is 22.7. The molecule has 9 heteroatoms. The lowest BCUT2D eigenvalue weighted by Crippen LogP contribution is -2.59. The SMILES string of the molecule is COC(=O)N1CCC[C@](Nc2cc(C)c(-c3cc(OC)cc(OC)c3)c(COC3CCCC3)c2)(C(=O)O)C1. The molecule has 1 heterocycles. The second kappa shape index (κ2) is 11.9. The van der Waals surface area contributed by atoms with Crippen LogP contribution in [0.4, 0.5) is 10.5 Å². The standard InChI is InChI=1S/C29H38N2O7/c1-19-12-22(30-29(27(32)33)10-7-11-31(18-29)28(34)37-4)13-21(17-38-23-8-5-6-9-23)26(19)20-14-24(35-2)16-25(15-20)36-3/h12-16,23,30H,5-11,17-18H2,1-4H3,(H,32,33)/t29-/m1/s1. The third kappa shape index (κ3) is 5.99. The maximum atomic E-state index is 12.5. The Labute approximate surface area is 224 Å². The lowest BCUT2D eigenvalue weighted by molar-refractivity contribution is -0.144. The van der Waals surface area contributed by atoms with Gasteiger partial charge in [0.2, 0.25) is 0 Å². The first-order valence-electron chi connectivity index (χ1n) is 13.1. The second-order valence-electron chi connectivity index (χ2n) is 10.2. The number of amides is 1. The van der Waals surface area contributed by atoms with Crippen LogP contribution in [0.3, 0.4) is 0 Å². The molecule has 38 heavy (non-hydrogen) atoms. The number of methoxy groups -OCH3 is 3. The highest BCUT2D eigenvalue weighted by atomic mass is 16.5. The molecule has 2 aromatic rings. The van der Waals surface area contributed by atoms with Crippen molar-refractivity contribution in [2.24, 2.45) is 0 Å². The van der Waals surface area contributed by atoms with Gasteiger partial charge in [-0.25, -0.2) is 9.59 Å². The molecule has 0 bridgehead atoms. The van der Waals surface area contributed by atoms with Crippen molar-refractivity contribution < 1.29 is 33.6 Å². The normalized spacial score (nSPS) is 19.7. The van der Waals surface area contributed by atoms with Crippen LogP contribution in [0, 0.1) is 6.92 Å². The molecule has 9 nitrogen and oxygen atoms in total. The van der Waals surface area contributed by atoms with Crippen LogP contribution in [0.1, 0.15) is 49.7 Å². The van der Waals surface area contributed by atoms with Crippen LogP contribution >= 0.6 is 0 Å². The molecule has 2 N–H and O–H groups in total. The summed E-state index contributed by atoms with van der Waals surface area (Å²) in [5, 5.41) is 13.5. The van der Waals surface area contributed by atoms with Gasteiger partial charge >= 0.3 is 12.1 Å². The second-order valence-corrected chi connectivity index (χ2v) is 10.2. The number of ether oxygens (including phenoxy) is 4. The van der Waals surface area contributed by atoms with Crippen LogP contribution in [0.2, 0.25) is 0 Å². The molecule has 1 aliphatic carbocycles. The molecule has 1 saturated carbocycles. The lowest BCUT2D eigenvalue weighted by Gasteiger charge is -2.40. The van der Waals surface area contributed by atoms with Crippen LogP contribution < -0.4 is 14.8 Å². The maximum Gasteiger partial charge on any atom is 0.409 e. The smallest absolute Gasteiger partial charge is 0.409 e. The Kier molecular flexibility index (Phi) is 8.66. The van der Waals surface area contributed by atoms with Crippen molar-refractivity contribution >= 4 is 17.7 Å². The molecule has 0 aromatic heterocycles.